The maximum atomic E-state index is 12.2. The Morgan fingerprint density at radius 3 is 2.95 bits per heavy atom. The summed E-state index contributed by atoms with van der Waals surface area (Å²) in [5, 5.41) is 13.8. The molecule has 1 aromatic rings. The molecule has 2 aliphatic carbocycles. The van der Waals surface area contributed by atoms with Gasteiger partial charge < -0.3 is 4.79 Å². The Morgan fingerprint density at radius 2 is 2.36 bits per heavy atom. The average molecular weight is 298 g/mol. The number of hydrogen-bond donors (Lipinski definition) is 0. The van der Waals surface area contributed by atoms with Crippen LogP contribution in [0.2, 0.25) is 0 Å². The van der Waals surface area contributed by atoms with E-state index in [2.05, 4.69) is 16.0 Å². The van der Waals surface area contributed by atoms with E-state index in [4.69, 9.17) is 7.94 Å². The highest BCUT2D eigenvalue weighted by Gasteiger charge is 2.50. The van der Waals surface area contributed by atoms with E-state index in [1.165, 1.54) is 7.40 Å². The second-order valence-electron chi connectivity index (χ2n) is 6.13. The third kappa shape index (κ3) is 1.82. The lowest BCUT2D eigenvalue weighted by atomic mass is 9.58. The smallest absolute Gasteiger partial charge is 0.226 e. The van der Waals surface area contributed by atoms with Crippen molar-refractivity contribution in [1.82, 2.24) is 9.78 Å². The molecule has 0 aliphatic heterocycles. The molecule has 3 atom stereocenters. The van der Waals surface area contributed by atoms with Crippen LogP contribution in [0.3, 0.4) is 0 Å². The number of rotatable bonds is 0. The molecule has 0 saturated carbocycles. The number of carbonyl (C=O) groups excluding carboxylic acids is 1. The minimum absolute atomic E-state index is 0.0626. The average Bonchev–Trinajstić information content (AvgIpc) is 2.89. The van der Waals surface area contributed by atoms with Crippen LogP contribution in [0.25, 0.3) is 4.85 Å². The first-order valence-electron chi connectivity index (χ1n) is 8.05. The summed E-state index contributed by atoms with van der Waals surface area (Å²) in [7, 11) is 3.02. The topological polar surface area (TPSA) is 63.0 Å². The lowest BCUT2D eigenvalue weighted by molar-refractivity contribution is -0.121. The van der Waals surface area contributed by atoms with Gasteiger partial charge in [-0.2, -0.15) is 10.4 Å². The van der Waals surface area contributed by atoms with Crippen molar-refractivity contribution in [2.75, 3.05) is 0 Å². The molecule has 3 rings (SSSR count). The molecule has 2 aliphatic rings. The van der Waals surface area contributed by atoms with E-state index in [0.29, 0.717) is 5.69 Å². The van der Waals surface area contributed by atoms with Crippen LogP contribution in [-0.2, 0) is 23.7 Å². The van der Waals surface area contributed by atoms with Gasteiger partial charge in [0, 0.05) is 25.3 Å². The molecule has 0 spiro atoms. The number of aryl methyl sites for hydroxylation is 1. The van der Waals surface area contributed by atoms with Crippen molar-refractivity contribution in [3.8, 4) is 6.07 Å². The van der Waals surface area contributed by atoms with E-state index < -0.39 is 5.41 Å². The van der Waals surface area contributed by atoms with Gasteiger partial charge >= 0.3 is 0 Å². The van der Waals surface area contributed by atoms with E-state index in [1.54, 1.807) is 17.8 Å². The predicted molar refractivity (Wildman–Crippen MR) is 82.7 cm³/mol. The lowest BCUT2D eigenvalue weighted by Gasteiger charge is -2.44. The standard InChI is InChI=1S/C16H16N4O.CH4/c1-9-11-6-5-10-13(8-17)20(4)19-15(10)16(11,2)7-12(18-3)14(9)21;/h7,9,11H,5-6H2,1-2,4H3;1H4/t9-,11-,16-;/m0./s1/i;1T. The van der Waals surface area contributed by atoms with E-state index in [9.17, 15) is 10.1 Å². The summed E-state index contributed by atoms with van der Waals surface area (Å²) in [5.41, 5.74) is 2.19. The molecule has 0 unspecified atom stereocenters. The van der Waals surface area contributed by atoms with Crippen molar-refractivity contribution >= 4 is 5.78 Å². The molecule has 0 amide bonds. The largest absolute Gasteiger partial charge is 0.308 e. The molecule has 0 aromatic carbocycles. The van der Waals surface area contributed by atoms with E-state index in [-0.39, 0.29) is 23.3 Å². The maximum Gasteiger partial charge on any atom is 0.226 e. The number of ketones is 1. The van der Waals surface area contributed by atoms with Gasteiger partial charge in [0.2, 0.25) is 5.70 Å². The Kier molecular flexibility index (Phi) is 3.37. The van der Waals surface area contributed by atoms with Gasteiger partial charge in [0.1, 0.15) is 11.8 Å². The van der Waals surface area contributed by atoms with Crippen LogP contribution in [0, 0.1) is 29.7 Å². The minimum Gasteiger partial charge on any atom is -0.308 e. The molecule has 0 radical (unpaired) electrons. The Balaban J connectivity index is 0.000000924. The Hall–Kier alpha value is -2.40. The number of carbonyl (C=O) groups is 1. The zero-order chi connectivity index (χ0) is 17.4. The van der Waals surface area contributed by atoms with E-state index >= 15 is 0 Å². The maximum absolute atomic E-state index is 12.2. The molecule has 5 nitrogen and oxygen atoms in total. The second-order valence-corrected chi connectivity index (χ2v) is 6.13. The van der Waals surface area contributed by atoms with Gasteiger partial charge in [0.05, 0.1) is 12.3 Å². The van der Waals surface area contributed by atoms with Gasteiger partial charge in [-0.15, -0.1) is 0 Å². The summed E-state index contributed by atoms with van der Waals surface area (Å²) < 4.78 is 7.37. The molecule has 114 valence electrons. The van der Waals surface area contributed by atoms with Gasteiger partial charge in [0.25, 0.3) is 0 Å². The highest BCUT2D eigenvalue weighted by Crippen LogP contribution is 2.49. The van der Waals surface area contributed by atoms with Crippen LogP contribution in [0.1, 0.15) is 46.0 Å². The molecule has 0 bridgehead atoms. The third-order valence-electron chi connectivity index (χ3n) is 5.06. The molecule has 5 heteroatoms. The predicted octanol–water partition coefficient (Wildman–Crippen LogP) is 2.77. The van der Waals surface area contributed by atoms with Crippen LogP contribution in [0.15, 0.2) is 11.8 Å². The fraction of sp³-hybridized carbons (Fsp3) is 0.529. The molecule has 1 heterocycles. The van der Waals surface area contributed by atoms with E-state index in [1.807, 2.05) is 13.8 Å². The lowest BCUT2D eigenvalue weighted by Crippen LogP contribution is -2.45. The second kappa shape index (κ2) is 5.10. The van der Waals surface area contributed by atoms with Crippen molar-refractivity contribution < 1.29 is 6.17 Å². The first-order valence-corrected chi connectivity index (χ1v) is 7.05. The van der Waals surface area contributed by atoms with Crippen LogP contribution >= 0.6 is 0 Å². The minimum atomic E-state index is -0.437. The van der Waals surface area contributed by atoms with Crippen molar-refractivity contribution in [2.24, 2.45) is 18.9 Å². The summed E-state index contributed by atoms with van der Waals surface area (Å²) in [6.45, 7) is 11.2. The van der Waals surface area contributed by atoms with Gasteiger partial charge in [-0.05, 0) is 18.8 Å². The third-order valence-corrected chi connectivity index (χ3v) is 5.06. The van der Waals surface area contributed by atoms with Crippen molar-refractivity contribution in [1.29, 1.82) is 5.26 Å². The summed E-state index contributed by atoms with van der Waals surface area (Å²) >= 11 is 0. The van der Waals surface area contributed by atoms with Gasteiger partial charge in [0.15, 0.2) is 5.78 Å². The zero-order valence-electron chi connectivity index (χ0n) is 14.3. The number of aromatic nitrogens is 2. The normalized spacial score (nSPS) is 29.6. The van der Waals surface area contributed by atoms with Crippen LogP contribution in [-0.4, -0.2) is 15.6 Å². The van der Waals surface area contributed by atoms with Crippen molar-refractivity contribution in [3.05, 3.63) is 40.1 Å². The van der Waals surface area contributed by atoms with Crippen LogP contribution < -0.4 is 0 Å². The van der Waals surface area contributed by atoms with Crippen LogP contribution in [0.5, 0.6) is 0 Å². The highest BCUT2D eigenvalue weighted by molar-refractivity contribution is 6.00. The van der Waals surface area contributed by atoms with Gasteiger partial charge in [-0.3, -0.25) is 4.68 Å². The molecular formula is C17H20N4O. The summed E-state index contributed by atoms with van der Waals surface area (Å²) in [6.07, 6.45) is 3.39. The van der Waals surface area contributed by atoms with Crippen molar-refractivity contribution in [2.45, 2.75) is 39.5 Å². The Bertz CT molecular complexity index is 765. The molecule has 0 saturated heterocycles. The number of allylic oxidation sites excluding steroid dienone is 2. The molecule has 0 fully saturated rings. The number of fused-ring (bicyclic) bond motifs is 3. The number of hydrogen-bond acceptors (Lipinski definition) is 3. The molecule has 1 aromatic heterocycles. The fourth-order valence-electron chi connectivity index (χ4n) is 3.96. The first kappa shape index (κ1) is 14.5. The van der Waals surface area contributed by atoms with E-state index in [0.717, 1.165) is 24.1 Å². The first-order chi connectivity index (χ1) is 10.9. The highest BCUT2D eigenvalue weighted by atomic mass is 16.1. The van der Waals surface area contributed by atoms with Crippen LogP contribution in [0.4, 0.5) is 0 Å². The number of Topliss-reactive ketones (excluding diaryl/α,β-unsaturated/α-hetero) is 1. The van der Waals surface area contributed by atoms with Gasteiger partial charge in [-0.1, -0.05) is 27.3 Å². The number of nitrogens with zero attached hydrogens (tertiary/aromatic N) is 4. The fourth-order valence-corrected chi connectivity index (χ4v) is 3.96. The monoisotopic (exact) mass is 298 g/mol. The summed E-state index contributed by atoms with van der Waals surface area (Å²) in [5.74, 6) is -0.0957. The summed E-state index contributed by atoms with van der Waals surface area (Å²) in [6, 6.07) is 2.21. The Morgan fingerprint density at radius 1 is 1.68 bits per heavy atom. The number of nitriles is 1. The quantitative estimate of drug-likeness (QED) is 0.692. The SMILES string of the molecule is [3H]C.[C-]#[N+]C1=C[C@]2(C)c3nn(C)c(C#N)c3CC[C@H]2[C@H](C)C1=O. The molecular weight excluding hydrogens is 276 g/mol. The van der Waals surface area contributed by atoms with Gasteiger partial charge in [-0.25, -0.2) is 4.85 Å². The molecule has 22 heavy (non-hydrogen) atoms. The van der Waals surface area contributed by atoms with Crippen molar-refractivity contribution in [3.63, 3.8) is 0 Å². The summed E-state index contributed by atoms with van der Waals surface area (Å²) in [4.78, 5) is 15.6. The zero-order valence-corrected chi connectivity index (χ0v) is 13.3. The molecule has 0 N–H and O–H groups in total. The Labute approximate surface area is 132 Å².